The van der Waals surface area contributed by atoms with Crippen molar-refractivity contribution in [1.82, 2.24) is 29.1 Å². The third-order valence-electron chi connectivity index (χ3n) is 5.27. The minimum Gasteiger partial charge on any atom is -0.438 e. The minimum atomic E-state index is -4.54. The van der Waals surface area contributed by atoms with Gasteiger partial charge in [-0.25, -0.2) is 15.0 Å². The molecule has 0 saturated carbocycles. The highest BCUT2D eigenvalue weighted by Gasteiger charge is 2.30. The number of ether oxygens (including phenoxy) is 1. The Labute approximate surface area is 222 Å². The highest BCUT2D eigenvalue weighted by Crippen LogP contribution is 2.26. The van der Waals surface area contributed by atoms with E-state index in [1.807, 2.05) is 0 Å². The average molecular weight is 562 g/mol. The molecule has 3 heterocycles. The quantitative estimate of drug-likeness (QED) is 0.266. The van der Waals surface area contributed by atoms with Gasteiger partial charge >= 0.3 is 11.7 Å². The van der Waals surface area contributed by atoms with Crippen LogP contribution in [-0.4, -0.2) is 35.2 Å². The third kappa shape index (κ3) is 5.87. The number of hydrogen-bond donors (Lipinski definition) is 1. The number of benzene rings is 2. The second kappa shape index (κ2) is 10.3. The largest absolute Gasteiger partial charge is 0.438 e. The molecule has 0 spiro atoms. The number of nitrogens with one attached hydrogen (secondary N) is 1. The second-order valence-corrected chi connectivity index (χ2v) is 8.87. The summed E-state index contributed by atoms with van der Waals surface area (Å²) in [7, 11) is 0. The average Bonchev–Trinajstić information content (AvgIpc) is 3.28. The molecule has 0 saturated heterocycles. The van der Waals surface area contributed by atoms with Crippen molar-refractivity contribution in [1.29, 1.82) is 0 Å². The fourth-order valence-electron chi connectivity index (χ4n) is 3.64. The van der Waals surface area contributed by atoms with Crippen molar-refractivity contribution in [3.8, 4) is 11.6 Å². The smallest absolute Gasteiger partial charge is 0.406 e. The number of nitrogens with zero attached hydrogens (tertiary/aromatic N) is 6. The van der Waals surface area contributed by atoms with E-state index < -0.39 is 18.3 Å². The summed E-state index contributed by atoms with van der Waals surface area (Å²) in [6.07, 6.45) is -0.833. The molecule has 0 aliphatic heterocycles. The molecule has 194 valence electrons. The lowest BCUT2D eigenvalue weighted by molar-refractivity contribution is -0.140. The van der Waals surface area contributed by atoms with Gasteiger partial charge in [0.05, 0.1) is 25.3 Å². The summed E-state index contributed by atoms with van der Waals surface area (Å²) in [5.74, 6) is 0.792. The number of fused-ring (bicyclic) bond motifs is 1. The van der Waals surface area contributed by atoms with Crippen LogP contribution in [0.4, 0.5) is 24.8 Å². The maximum absolute atomic E-state index is 13.1. The zero-order valence-corrected chi connectivity index (χ0v) is 20.7. The van der Waals surface area contributed by atoms with Crippen LogP contribution < -0.4 is 15.6 Å². The second-order valence-electron chi connectivity index (χ2n) is 8.04. The Morgan fingerprint density at radius 3 is 2.34 bits per heavy atom. The molecule has 0 unspecified atom stereocenters. The third-order valence-corrected chi connectivity index (χ3v) is 5.72. The normalized spacial score (nSPS) is 11.6. The summed E-state index contributed by atoms with van der Waals surface area (Å²) >= 11 is 11.7. The molecule has 9 nitrogen and oxygen atoms in total. The van der Waals surface area contributed by atoms with Gasteiger partial charge in [0.15, 0.2) is 11.2 Å². The Morgan fingerprint density at radius 2 is 1.68 bits per heavy atom. The zero-order valence-electron chi connectivity index (χ0n) is 19.2. The topological polar surface area (TPSA) is 99.8 Å². The predicted molar refractivity (Wildman–Crippen MR) is 135 cm³/mol. The number of imidazole rings is 1. The molecule has 5 rings (SSSR count). The lowest BCUT2D eigenvalue weighted by atomic mass is 10.2. The fraction of sp³-hybridized carbons (Fsp3) is 0.125. The van der Waals surface area contributed by atoms with E-state index in [9.17, 15) is 18.0 Å². The number of halogens is 5. The van der Waals surface area contributed by atoms with Crippen LogP contribution in [0.3, 0.4) is 0 Å². The first kappa shape index (κ1) is 25.5. The standard InChI is InChI=1S/C24H16Cl2F3N7O2/c25-15-3-1-14(2-4-15)11-36-21-20(35(13-32-21)12-24(27,28)29)22(37)34-23(36)33-16-5-7-17(8-6-16)38-19-10-30-18(26)9-31-19/h1-10,13H,11-12H2,(H,33,34,37). The molecule has 0 atom stereocenters. The van der Waals surface area contributed by atoms with Crippen LogP contribution in [0.5, 0.6) is 11.6 Å². The number of anilines is 2. The molecule has 14 heteroatoms. The summed E-state index contributed by atoms with van der Waals surface area (Å²) in [6, 6.07) is 13.5. The van der Waals surface area contributed by atoms with Crippen LogP contribution in [0.1, 0.15) is 5.56 Å². The fourth-order valence-corrected chi connectivity index (χ4v) is 3.86. The number of aromatic nitrogens is 6. The predicted octanol–water partition coefficient (Wildman–Crippen LogP) is 5.84. The minimum absolute atomic E-state index is 0.0490. The molecule has 0 bridgehead atoms. The highest BCUT2D eigenvalue weighted by atomic mass is 35.5. The van der Waals surface area contributed by atoms with Gasteiger partial charge in [0.2, 0.25) is 11.8 Å². The molecule has 0 fully saturated rings. The van der Waals surface area contributed by atoms with E-state index in [0.29, 0.717) is 16.5 Å². The Bertz CT molecular complexity index is 1640. The molecule has 5 aromatic rings. The Hall–Kier alpha value is -4.16. The Balaban J connectivity index is 1.49. The van der Waals surface area contributed by atoms with Gasteiger partial charge in [0.1, 0.15) is 17.4 Å². The van der Waals surface area contributed by atoms with Crippen molar-refractivity contribution in [2.24, 2.45) is 0 Å². The summed E-state index contributed by atoms with van der Waals surface area (Å²) in [6.45, 7) is -1.21. The molecule has 0 amide bonds. The van der Waals surface area contributed by atoms with Crippen molar-refractivity contribution in [2.75, 3.05) is 5.32 Å². The van der Waals surface area contributed by atoms with Crippen LogP contribution in [-0.2, 0) is 13.1 Å². The van der Waals surface area contributed by atoms with E-state index in [1.165, 1.54) is 17.0 Å². The van der Waals surface area contributed by atoms with Crippen LogP contribution in [0, 0.1) is 0 Å². The first-order valence-corrected chi connectivity index (χ1v) is 11.7. The van der Waals surface area contributed by atoms with Crippen molar-refractivity contribution >= 4 is 46.0 Å². The highest BCUT2D eigenvalue weighted by molar-refractivity contribution is 6.30. The number of hydrogen-bond acceptors (Lipinski definition) is 7. The molecule has 38 heavy (non-hydrogen) atoms. The monoisotopic (exact) mass is 561 g/mol. The summed E-state index contributed by atoms with van der Waals surface area (Å²) in [4.78, 5) is 28.9. The van der Waals surface area contributed by atoms with Gasteiger partial charge in [-0.3, -0.25) is 9.36 Å². The molecule has 0 radical (unpaired) electrons. The van der Waals surface area contributed by atoms with Crippen LogP contribution >= 0.6 is 23.2 Å². The van der Waals surface area contributed by atoms with Gasteiger partial charge in [0.25, 0.3) is 0 Å². The Kier molecular flexibility index (Phi) is 6.91. The van der Waals surface area contributed by atoms with E-state index >= 15 is 0 Å². The summed E-state index contributed by atoms with van der Waals surface area (Å²) in [5.41, 5.74) is 0.244. The molecule has 0 aliphatic carbocycles. The van der Waals surface area contributed by atoms with Crippen LogP contribution in [0.2, 0.25) is 10.2 Å². The van der Waals surface area contributed by atoms with Crippen molar-refractivity contribution < 1.29 is 17.9 Å². The summed E-state index contributed by atoms with van der Waals surface area (Å²) in [5, 5.41) is 3.80. The lowest BCUT2D eigenvalue weighted by Crippen LogP contribution is -2.23. The zero-order chi connectivity index (χ0) is 26.9. The molecule has 0 aliphatic rings. The van der Waals surface area contributed by atoms with Crippen molar-refractivity contribution in [3.63, 3.8) is 0 Å². The van der Waals surface area contributed by atoms with Gasteiger partial charge < -0.3 is 14.6 Å². The van der Waals surface area contributed by atoms with Crippen molar-refractivity contribution in [2.45, 2.75) is 19.3 Å². The van der Waals surface area contributed by atoms with E-state index in [2.05, 4.69) is 25.3 Å². The molecule has 3 aromatic heterocycles. The lowest BCUT2D eigenvalue weighted by Gasteiger charge is -2.16. The first-order valence-electron chi connectivity index (χ1n) is 10.9. The van der Waals surface area contributed by atoms with Crippen LogP contribution in [0.25, 0.3) is 11.2 Å². The first-order chi connectivity index (χ1) is 18.1. The van der Waals surface area contributed by atoms with E-state index in [0.717, 1.165) is 16.5 Å². The number of rotatable bonds is 7. The maximum Gasteiger partial charge on any atom is 0.406 e. The van der Waals surface area contributed by atoms with Crippen LogP contribution in [0.15, 0.2) is 72.0 Å². The van der Waals surface area contributed by atoms with Gasteiger partial charge in [0, 0.05) is 10.7 Å². The molecular weight excluding hydrogens is 546 g/mol. The Morgan fingerprint density at radius 1 is 0.947 bits per heavy atom. The van der Waals surface area contributed by atoms with Gasteiger partial charge in [-0.15, -0.1) is 0 Å². The number of alkyl halides is 3. The van der Waals surface area contributed by atoms with E-state index in [-0.39, 0.29) is 34.7 Å². The molecular formula is C24H16Cl2F3N7O2. The van der Waals surface area contributed by atoms with Gasteiger partial charge in [-0.05, 0) is 42.0 Å². The van der Waals surface area contributed by atoms with E-state index in [4.69, 9.17) is 27.9 Å². The van der Waals surface area contributed by atoms with Crippen molar-refractivity contribution in [3.05, 3.63) is 93.3 Å². The van der Waals surface area contributed by atoms with E-state index in [1.54, 1.807) is 48.5 Å². The molecule has 2 aromatic carbocycles. The SMILES string of the molecule is O=c1nc(Nc2ccc(Oc3cnc(Cl)cn3)cc2)n(Cc2ccc(Cl)cc2)c2ncn(CC(F)(F)F)c12. The maximum atomic E-state index is 13.1. The van der Waals surface area contributed by atoms with Gasteiger partial charge in [-0.2, -0.15) is 18.2 Å². The molecule has 1 N–H and O–H groups in total. The summed E-state index contributed by atoms with van der Waals surface area (Å²) < 4.78 is 47.2. The van der Waals surface area contributed by atoms with Gasteiger partial charge in [-0.1, -0.05) is 35.3 Å².